The van der Waals surface area contributed by atoms with E-state index in [1.807, 2.05) is 55.5 Å². The second kappa shape index (κ2) is 9.26. The monoisotopic (exact) mass is 450 g/mol. The summed E-state index contributed by atoms with van der Waals surface area (Å²) >= 11 is 3.44. The predicted octanol–water partition coefficient (Wildman–Crippen LogP) is 5.56. The number of anilines is 1. The van der Waals surface area contributed by atoms with Gasteiger partial charge in [0, 0.05) is 11.1 Å². The van der Waals surface area contributed by atoms with Gasteiger partial charge in [0.15, 0.2) is 11.5 Å². The Labute approximate surface area is 177 Å². The lowest BCUT2D eigenvalue weighted by Crippen LogP contribution is -2.13. The summed E-state index contributed by atoms with van der Waals surface area (Å²) in [5.74, 6) is 0.610. The Hall–Kier alpha value is -3.30. The van der Waals surface area contributed by atoms with Gasteiger partial charge in [-0.15, -0.1) is 0 Å². The van der Waals surface area contributed by atoms with Crippen molar-refractivity contribution in [3.63, 3.8) is 0 Å². The van der Waals surface area contributed by atoms with Gasteiger partial charge in [-0.25, -0.2) is 0 Å². The Morgan fingerprint density at radius 2 is 1.97 bits per heavy atom. The molecule has 3 rings (SSSR count). The van der Waals surface area contributed by atoms with Crippen molar-refractivity contribution in [2.45, 2.75) is 6.92 Å². The minimum Gasteiger partial charge on any atom is -0.492 e. The van der Waals surface area contributed by atoms with Crippen LogP contribution >= 0.6 is 15.9 Å². The Morgan fingerprint density at radius 3 is 2.69 bits per heavy atom. The van der Waals surface area contributed by atoms with E-state index in [9.17, 15) is 10.1 Å². The van der Waals surface area contributed by atoms with Crippen LogP contribution in [0.2, 0.25) is 0 Å². The first kappa shape index (κ1) is 20.4. The van der Waals surface area contributed by atoms with Gasteiger partial charge >= 0.3 is 0 Å². The number of benzene rings is 3. The maximum atomic E-state index is 12.7. The molecule has 5 nitrogen and oxygen atoms in total. The van der Waals surface area contributed by atoms with Gasteiger partial charge in [-0.2, -0.15) is 5.26 Å². The zero-order valence-corrected chi connectivity index (χ0v) is 17.6. The third kappa shape index (κ3) is 4.58. The van der Waals surface area contributed by atoms with E-state index in [0.717, 1.165) is 10.8 Å². The van der Waals surface area contributed by atoms with Crippen LogP contribution in [0.15, 0.2) is 64.6 Å². The summed E-state index contributed by atoms with van der Waals surface area (Å²) in [6, 6.07) is 18.9. The number of rotatable bonds is 6. The smallest absolute Gasteiger partial charge is 0.266 e. The van der Waals surface area contributed by atoms with Crippen LogP contribution in [0.1, 0.15) is 12.5 Å². The third-order valence-corrected chi connectivity index (χ3v) is 4.84. The average molecular weight is 451 g/mol. The number of nitriles is 1. The standard InChI is InChI=1S/C23H19BrN2O3/c1-3-29-21-13-15(12-19(24)22(21)28-2)11-17(14-25)23(27)26-20-10-6-8-16-7-4-5-9-18(16)20/h4-13H,3H2,1-2H3,(H,26,27)/b17-11+. The molecule has 0 spiro atoms. The number of carbonyl (C=O) groups excluding carboxylic acids is 1. The van der Waals surface area contributed by atoms with Gasteiger partial charge in [0.1, 0.15) is 11.6 Å². The summed E-state index contributed by atoms with van der Waals surface area (Å²) < 4.78 is 11.6. The van der Waals surface area contributed by atoms with Gasteiger partial charge < -0.3 is 14.8 Å². The molecule has 1 amide bonds. The Bertz CT molecular complexity index is 1130. The van der Waals surface area contributed by atoms with Gasteiger partial charge in [0.2, 0.25) is 0 Å². The molecule has 6 heteroatoms. The number of fused-ring (bicyclic) bond motifs is 1. The van der Waals surface area contributed by atoms with Crippen molar-refractivity contribution in [3.8, 4) is 17.6 Å². The van der Waals surface area contributed by atoms with E-state index in [1.165, 1.54) is 6.08 Å². The van der Waals surface area contributed by atoms with Crippen LogP contribution in [0.5, 0.6) is 11.5 Å². The number of nitrogens with zero attached hydrogens (tertiary/aromatic N) is 1. The van der Waals surface area contributed by atoms with Crippen molar-refractivity contribution in [3.05, 3.63) is 70.2 Å². The maximum absolute atomic E-state index is 12.7. The number of methoxy groups -OCH3 is 1. The molecular formula is C23H19BrN2O3. The van der Waals surface area contributed by atoms with Crippen LogP contribution in [0.25, 0.3) is 16.8 Å². The Balaban J connectivity index is 1.94. The van der Waals surface area contributed by atoms with Crippen LogP contribution in [0.4, 0.5) is 5.69 Å². The van der Waals surface area contributed by atoms with Crippen molar-refractivity contribution >= 4 is 44.4 Å². The highest BCUT2D eigenvalue weighted by Crippen LogP contribution is 2.37. The quantitative estimate of drug-likeness (QED) is 0.394. The number of hydrogen-bond acceptors (Lipinski definition) is 4. The Kier molecular flexibility index (Phi) is 6.53. The molecule has 0 saturated carbocycles. The normalized spacial score (nSPS) is 11.0. The molecule has 3 aromatic rings. The number of amides is 1. The minimum absolute atomic E-state index is 0.0163. The van der Waals surface area contributed by atoms with Crippen LogP contribution in [0.3, 0.4) is 0 Å². The number of halogens is 1. The molecule has 0 unspecified atom stereocenters. The first-order chi connectivity index (χ1) is 14.1. The van der Waals surface area contributed by atoms with E-state index in [0.29, 0.717) is 33.8 Å². The average Bonchev–Trinajstić information content (AvgIpc) is 2.72. The first-order valence-corrected chi connectivity index (χ1v) is 9.78. The lowest BCUT2D eigenvalue weighted by molar-refractivity contribution is -0.112. The summed E-state index contributed by atoms with van der Waals surface area (Å²) in [5.41, 5.74) is 1.28. The molecule has 0 atom stereocenters. The lowest BCUT2D eigenvalue weighted by atomic mass is 10.1. The molecule has 0 bridgehead atoms. The van der Waals surface area contributed by atoms with Gasteiger partial charge in [0.05, 0.1) is 18.2 Å². The van der Waals surface area contributed by atoms with Crippen molar-refractivity contribution < 1.29 is 14.3 Å². The molecule has 0 aliphatic rings. The van der Waals surface area contributed by atoms with E-state index in [-0.39, 0.29) is 5.57 Å². The molecule has 1 N–H and O–H groups in total. The van der Waals surface area contributed by atoms with E-state index in [2.05, 4.69) is 21.2 Å². The SMILES string of the molecule is CCOc1cc(/C=C(\C#N)C(=O)Nc2cccc3ccccc23)cc(Br)c1OC. The van der Waals surface area contributed by atoms with Gasteiger partial charge in [-0.05, 0) is 58.1 Å². The molecular weight excluding hydrogens is 432 g/mol. The molecule has 0 aromatic heterocycles. The highest BCUT2D eigenvalue weighted by Gasteiger charge is 2.14. The van der Waals surface area contributed by atoms with Gasteiger partial charge in [0.25, 0.3) is 5.91 Å². The second-order valence-corrected chi connectivity index (χ2v) is 6.97. The summed E-state index contributed by atoms with van der Waals surface area (Å²) in [4.78, 5) is 12.7. The van der Waals surface area contributed by atoms with Crippen LogP contribution in [-0.4, -0.2) is 19.6 Å². The van der Waals surface area contributed by atoms with Crippen molar-refractivity contribution in [1.82, 2.24) is 0 Å². The fourth-order valence-corrected chi connectivity index (χ4v) is 3.59. The second-order valence-electron chi connectivity index (χ2n) is 6.12. The zero-order valence-electron chi connectivity index (χ0n) is 16.0. The molecule has 146 valence electrons. The fraction of sp³-hybridized carbons (Fsp3) is 0.130. The number of nitrogens with one attached hydrogen (secondary N) is 1. The van der Waals surface area contributed by atoms with Crippen LogP contribution < -0.4 is 14.8 Å². The molecule has 3 aromatic carbocycles. The largest absolute Gasteiger partial charge is 0.492 e. The summed E-state index contributed by atoms with van der Waals surface area (Å²) in [7, 11) is 1.55. The molecule has 0 heterocycles. The zero-order chi connectivity index (χ0) is 20.8. The molecule has 0 aliphatic carbocycles. The van der Waals surface area contributed by atoms with E-state index in [1.54, 1.807) is 19.2 Å². The maximum Gasteiger partial charge on any atom is 0.266 e. The highest BCUT2D eigenvalue weighted by molar-refractivity contribution is 9.10. The Morgan fingerprint density at radius 1 is 1.21 bits per heavy atom. The van der Waals surface area contributed by atoms with Crippen molar-refractivity contribution in [1.29, 1.82) is 5.26 Å². The minimum atomic E-state index is -0.478. The van der Waals surface area contributed by atoms with Gasteiger partial charge in [-0.3, -0.25) is 4.79 Å². The number of hydrogen-bond donors (Lipinski definition) is 1. The molecule has 0 fully saturated rings. The number of ether oxygens (including phenoxy) is 2. The summed E-state index contributed by atoms with van der Waals surface area (Å²) in [6.45, 7) is 2.33. The molecule has 29 heavy (non-hydrogen) atoms. The summed E-state index contributed by atoms with van der Waals surface area (Å²) in [6.07, 6.45) is 1.52. The first-order valence-electron chi connectivity index (χ1n) is 8.98. The molecule has 0 aliphatic heterocycles. The molecule has 0 saturated heterocycles. The van der Waals surface area contributed by atoms with Crippen LogP contribution in [0, 0.1) is 11.3 Å². The summed E-state index contributed by atoms with van der Waals surface area (Å²) in [5, 5.41) is 14.3. The molecule has 0 radical (unpaired) electrons. The lowest BCUT2D eigenvalue weighted by Gasteiger charge is -2.12. The number of carbonyl (C=O) groups is 1. The van der Waals surface area contributed by atoms with E-state index < -0.39 is 5.91 Å². The predicted molar refractivity (Wildman–Crippen MR) is 118 cm³/mol. The van der Waals surface area contributed by atoms with Gasteiger partial charge in [-0.1, -0.05) is 36.4 Å². The van der Waals surface area contributed by atoms with Crippen molar-refractivity contribution in [2.75, 3.05) is 19.0 Å². The van der Waals surface area contributed by atoms with E-state index in [4.69, 9.17) is 9.47 Å². The van der Waals surface area contributed by atoms with E-state index >= 15 is 0 Å². The topological polar surface area (TPSA) is 71.3 Å². The highest BCUT2D eigenvalue weighted by atomic mass is 79.9. The van der Waals surface area contributed by atoms with Crippen LogP contribution in [-0.2, 0) is 4.79 Å². The fourth-order valence-electron chi connectivity index (χ4n) is 2.97. The van der Waals surface area contributed by atoms with Crippen molar-refractivity contribution in [2.24, 2.45) is 0 Å². The third-order valence-electron chi connectivity index (χ3n) is 4.25.